The average Bonchev–Trinajstić information content (AvgIpc) is 3.05. The van der Waals surface area contributed by atoms with Crippen LogP contribution in [-0.4, -0.2) is 39.7 Å². The molecule has 0 spiro atoms. The molecule has 1 unspecified atom stereocenters. The number of aliphatic hydroxyl groups is 1. The molecular weight excluding hydrogens is 288 g/mol. The highest BCUT2D eigenvalue weighted by atomic mass is 32.2. The van der Waals surface area contributed by atoms with E-state index in [1.54, 1.807) is 0 Å². The van der Waals surface area contributed by atoms with Crippen LogP contribution < -0.4 is 0 Å². The second-order valence-electron chi connectivity index (χ2n) is 3.90. The number of carbonyl (C=O) groups is 1. The van der Waals surface area contributed by atoms with Crippen LogP contribution in [0.2, 0.25) is 0 Å². The van der Waals surface area contributed by atoms with Crippen molar-refractivity contribution in [1.29, 1.82) is 0 Å². The SMILES string of the molecule is COC(=O)C(C)(O)CSc1nnc(-c2cccs2)o1. The van der Waals surface area contributed by atoms with Crippen molar-refractivity contribution in [3.8, 4) is 10.8 Å². The van der Waals surface area contributed by atoms with Crippen LogP contribution in [0.15, 0.2) is 27.2 Å². The van der Waals surface area contributed by atoms with E-state index in [0.29, 0.717) is 11.1 Å². The predicted octanol–water partition coefficient (Wildman–Crippen LogP) is 1.81. The number of ether oxygens (including phenoxy) is 1. The van der Waals surface area contributed by atoms with Crippen molar-refractivity contribution in [1.82, 2.24) is 10.2 Å². The van der Waals surface area contributed by atoms with Crippen LogP contribution in [0.25, 0.3) is 10.8 Å². The molecule has 0 fully saturated rings. The summed E-state index contributed by atoms with van der Waals surface area (Å²) in [4.78, 5) is 12.2. The minimum atomic E-state index is -1.59. The lowest BCUT2D eigenvalue weighted by molar-refractivity contribution is -0.158. The van der Waals surface area contributed by atoms with Crippen molar-refractivity contribution < 1.29 is 19.1 Å². The lowest BCUT2D eigenvalue weighted by Crippen LogP contribution is -2.38. The third-order valence-corrected chi connectivity index (χ3v) is 4.22. The van der Waals surface area contributed by atoms with Gasteiger partial charge in [0.15, 0.2) is 5.60 Å². The fraction of sp³-hybridized carbons (Fsp3) is 0.364. The van der Waals surface area contributed by atoms with Crippen LogP contribution in [0.3, 0.4) is 0 Å². The summed E-state index contributed by atoms with van der Waals surface area (Å²) < 4.78 is 9.93. The van der Waals surface area contributed by atoms with Gasteiger partial charge >= 0.3 is 5.97 Å². The molecule has 0 aliphatic heterocycles. The van der Waals surface area contributed by atoms with Crippen molar-refractivity contribution in [2.75, 3.05) is 12.9 Å². The van der Waals surface area contributed by atoms with Crippen molar-refractivity contribution in [2.45, 2.75) is 17.7 Å². The monoisotopic (exact) mass is 300 g/mol. The summed E-state index contributed by atoms with van der Waals surface area (Å²) in [5.41, 5.74) is -1.59. The average molecular weight is 300 g/mol. The first kappa shape index (κ1) is 14.0. The van der Waals surface area contributed by atoms with Gasteiger partial charge in [0.25, 0.3) is 11.1 Å². The third-order valence-electron chi connectivity index (χ3n) is 2.24. The summed E-state index contributed by atoms with van der Waals surface area (Å²) in [6, 6.07) is 3.76. The topological polar surface area (TPSA) is 85.5 Å². The molecule has 2 heterocycles. The fourth-order valence-corrected chi connectivity index (χ4v) is 2.65. The number of aromatic nitrogens is 2. The van der Waals surface area contributed by atoms with E-state index in [-0.39, 0.29) is 5.75 Å². The predicted molar refractivity (Wildman–Crippen MR) is 71.0 cm³/mol. The maximum Gasteiger partial charge on any atom is 0.338 e. The Hall–Kier alpha value is -1.38. The lowest BCUT2D eigenvalue weighted by Gasteiger charge is -2.18. The molecule has 1 N–H and O–H groups in total. The van der Waals surface area contributed by atoms with Gasteiger partial charge in [-0.3, -0.25) is 0 Å². The molecule has 102 valence electrons. The molecule has 2 aromatic rings. The molecule has 0 aromatic carbocycles. The van der Waals surface area contributed by atoms with Crippen molar-refractivity contribution in [2.24, 2.45) is 0 Å². The van der Waals surface area contributed by atoms with Gasteiger partial charge in [0.05, 0.1) is 12.0 Å². The van der Waals surface area contributed by atoms with E-state index in [2.05, 4.69) is 14.9 Å². The molecule has 0 radical (unpaired) electrons. The van der Waals surface area contributed by atoms with Gasteiger partial charge in [0, 0.05) is 5.75 Å². The summed E-state index contributed by atoms with van der Waals surface area (Å²) in [6.45, 7) is 1.38. The summed E-state index contributed by atoms with van der Waals surface area (Å²) in [7, 11) is 1.23. The molecule has 2 rings (SSSR count). The van der Waals surface area contributed by atoms with E-state index in [0.717, 1.165) is 16.6 Å². The Bertz CT molecular complexity index is 551. The summed E-state index contributed by atoms with van der Waals surface area (Å²) in [5.74, 6) is -0.195. The van der Waals surface area contributed by atoms with Crippen LogP contribution in [0.1, 0.15) is 6.92 Å². The van der Waals surface area contributed by atoms with Gasteiger partial charge < -0.3 is 14.3 Å². The first-order chi connectivity index (χ1) is 9.03. The summed E-state index contributed by atoms with van der Waals surface area (Å²) in [6.07, 6.45) is 0. The Kier molecular flexibility index (Phi) is 4.23. The number of hydrogen-bond acceptors (Lipinski definition) is 8. The molecule has 1 atom stereocenters. The molecule has 8 heteroatoms. The Morgan fingerprint density at radius 3 is 3.05 bits per heavy atom. The highest BCUT2D eigenvalue weighted by molar-refractivity contribution is 7.99. The maximum atomic E-state index is 11.3. The number of methoxy groups -OCH3 is 1. The highest BCUT2D eigenvalue weighted by Gasteiger charge is 2.32. The minimum Gasteiger partial charge on any atom is -0.467 e. The van der Waals surface area contributed by atoms with Gasteiger partial charge in [-0.1, -0.05) is 17.8 Å². The molecular formula is C11H12N2O4S2. The van der Waals surface area contributed by atoms with E-state index in [4.69, 9.17) is 4.42 Å². The van der Waals surface area contributed by atoms with Crippen molar-refractivity contribution in [3.63, 3.8) is 0 Å². The Labute approximate surface area is 117 Å². The first-order valence-corrected chi connectivity index (χ1v) is 7.20. The summed E-state index contributed by atoms with van der Waals surface area (Å²) in [5, 5.41) is 19.8. The number of esters is 1. The third kappa shape index (κ3) is 3.34. The highest BCUT2D eigenvalue weighted by Crippen LogP contribution is 2.28. The molecule has 0 bridgehead atoms. The number of hydrogen-bond donors (Lipinski definition) is 1. The maximum absolute atomic E-state index is 11.3. The lowest BCUT2D eigenvalue weighted by atomic mass is 10.1. The quantitative estimate of drug-likeness (QED) is 0.665. The minimum absolute atomic E-state index is 0.0751. The van der Waals surface area contributed by atoms with Gasteiger partial charge in [-0.2, -0.15) is 0 Å². The largest absolute Gasteiger partial charge is 0.467 e. The molecule has 6 nitrogen and oxygen atoms in total. The van der Waals surface area contributed by atoms with Crippen LogP contribution in [-0.2, 0) is 9.53 Å². The van der Waals surface area contributed by atoms with E-state index in [9.17, 15) is 9.90 Å². The number of nitrogens with zero attached hydrogens (tertiary/aromatic N) is 2. The first-order valence-electron chi connectivity index (χ1n) is 5.34. The molecule has 2 aromatic heterocycles. The van der Waals surface area contributed by atoms with Crippen LogP contribution in [0, 0.1) is 0 Å². The summed E-state index contributed by atoms with van der Waals surface area (Å²) >= 11 is 2.60. The standard InChI is InChI=1S/C11H12N2O4S2/c1-11(15,9(14)16-2)6-19-10-13-12-8(17-10)7-4-3-5-18-7/h3-5,15H,6H2,1-2H3. The molecule has 0 amide bonds. The zero-order chi connectivity index (χ0) is 13.9. The smallest absolute Gasteiger partial charge is 0.338 e. The molecule has 0 aliphatic rings. The molecule has 0 saturated heterocycles. The Balaban J connectivity index is 1.99. The van der Waals surface area contributed by atoms with Crippen LogP contribution in [0.4, 0.5) is 0 Å². The zero-order valence-electron chi connectivity index (χ0n) is 10.3. The van der Waals surface area contributed by atoms with Gasteiger partial charge in [-0.15, -0.1) is 21.5 Å². The number of rotatable bonds is 5. The van der Waals surface area contributed by atoms with Gasteiger partial charge in [-0.25, -0.2) is 4.79 Å². The van der Waals surface area contributed by atoms with Crippen LogP contribution >= 0.6 is 23.1 Å². The molecule has 0 aliphatic carbocycles. The zero-order valence-corrected chi connectivity index (χ0v) is 12.0. The van der Waals surface area contributed by atoms with Gasteiger partial charge in [0.2, 0.25) is 0 Å². The Morgan fingerprint density at radius 1 is 1.63 bits per heavy atom. The molecule has 19 heavy (non-hydrogen) atoms. The Morgan fingerprint density at radius 2 is 2.42 bits per heavy atom. The van der Waals surface area contributed by atoms with Gasteiger partial charge in [0.1, 0.15) is 0 Å². The van der Waals surface area contributed by atoms with E-state index in [1.807, 2.05) is 17.5 Å². The number of thioether (sulfide) groups is 1. The van der Waals surface area contributed by atoms with Crippen LogP contribution in [0.5, 0.6) is 0 Å². The normalized spacial score (nSPS) is 14.1. The second-order valence-corrected chi connectivity index (χ2v) is 5.78. The fourth-order valence-electron chi connectivity index (χ4n) is 1.25. The van der Waals surface area contributed by atoms with Crippen molar-refractivity contribution in [3.05, 3.63) is 17.5 Å². The van der Waals surface area contributed by atoms with E-state index < -0.39 is 11.6 Å². The second kappa shape index (κ2) is 5.72. The number of thiophene rings is 1. The van der Waals surface area contributed by atoms with E-state index >= 15 is 0 Å². The van der Waals surface area contributed by atoms with Gasteiger partial charge in [-0.05, 0) is 18.4 Å². The van der Waals surface area contributed by atoms with Crippen molar-refractivity contribution >= 4 is 29.1 Å². The van der Waals surface area contributed by atoms with E-state index in [1.165, 1.54) is 25.4 Å². The molecule has 0 saturated carbocycles. The number of carbonyl (C=O) groups excluding carboxylic acids is 1.